The average Bonchev–Trinajstić information content (AvgIpc) is 3.24. The quantitative estimate of drug-likeness (QED) is 0.546. The second-order valence-corrected chi connectivity index (χ2v) is 7.00. The molecule has 0 atom stereocenters. The Balaban J connectivity index is 1.57. The molecular formula is C22H19N5O2. The van der Waals surface area contributed by atoms with Crippen molar-refractivity contribution in [2.45, 2.75) is 26.8 Å². The molecule has 4 rings (SSSR count). The number of nitriles is 1. The Bertz CT molecular complexity index is 1260. The van der Waals surface area contributed by atoms with Gasteiger partial charge in [-0.3, -0.25) is 9.48 Å². The number of hydrogen-bond acceptors (Lipinski definition) is 4. The van der Waals surface area contributed by atoms with Crippen LogP contribution in [-0.4, -0.2) is 30.8 Å². The Morgan fingerprint density at radius 2 is 1.97 bits per heavy atom. The summed E-state index contributed by atoms with van der Waals surface area (Å²) in [4.78, 5) is 18.9. The predicted octanol–water partition coefficient (Wildman–Crippen LogP) is 3.59. The van der Waals surface area contributed by atoms with E-state index in [-0.39, 0.29) is 6.42 Å². The molecule has 0 aliphatic rings. The normalized spacial score (nSPS) is 10.9. The first-order valence-electron chi connectivity index (χ1n) is 9.18. The van der Waals surface area contributed by atoms with E-state index in [9.17, 15) is 4.79 Å². The number of carboxylic acids is 1. The van der Waals surface area contributed by atoms with Crippen molar-refractivity contribution >= 4 is 17.0 Å². The first-order chi connectivity index (χ1) is 13.9. The largest absolute Gasteiger partial charge is 0.481 e. The molecule has 2 heterocycles. The maximum absolute atomic E-state index is 11.1. The van der Waals surface area contributed by atoms with Gasteiger partial charge in [0, 0.05) is 16.8 Å². The van der Waals surface area contributed by atoms with E-state index in [4.69, 9.17) is 10.4 Å². The fourth-order valence-corrected chi connectivity index (χ4v) is 3.45. The van der Waals surface area contributed by atoms with Crippen LogP contribution in [-0.2, 0) is 17.8 Å². The van der Waals surface area contributed by atoms with Gasteiger partial charge in [0.05, 0.1) is 41.3 Å². The first kappa shape index (κ1) is 18.4. The summed E-state index contributed by atoms with van der Waals surface area (Å²) in [6.45, 7) is 4.30. The SMILES string of the molecule is Cc1nn(Cc2ccc(-c3nc4ccc(C#N)cc4[nH]3)cc2)c(C)c1CC(=O)O. The Morgan fingerprint density at radius 3 is 2.66 bits per heavy atom. The van der Waals surface area contributed by atoms with Gasteiger partial charge in [0.15, 0.2) is 0 Å². The molecule has 0 amide bonds. The van der Waals surface area contributed by atoms with Crippen molar-refractivity contribution < 1.29 is 9.90 Å². The van der Waals surface area contributed by atoms with Crippen LogP contribution in [0.25, 0.3) is 22.4 Å². The zero-order chi connectivity index (χ0) is 20.5. The number of aryl methyl sites for hydroxylation is 1. The van der Waals surface area contributed by atoms with Crippen molar-refractivity contribution in [1.29, 1.82) is 5.26 Å². The van der Waals surface area contributed by atoms with E-state index in [1.54, 1.807) is 12.1 Å². The van der Waals surface area contributed by atoms with Crippen LogP contribution in [0.1, 0.15) is 28.1 Å². The second-order valence-electron chi connectivity index (χ2n) is 7.00. The number of carboxylic acid groups (broad SMARTS) is 1. The lowest BCUT2D eigenvalue weighted by Gasteiger charge is -2.06. The highest BCUT2D eigenvalue weighted by Crippen LogP contribution is 2.22. The average molecular weight is 385 g/mol. The maximum Gasteiger partial charge on any atom is 0.307 e. The summed E-state index contributed by atoms with van der Waals surface area (Å²) >= 11 is 0. The number of fused-ring (bicyclic) bond motifs is 1. The lowest BCUT2D eigenvalue weighted by molar-refractivity contribution is -0.136. The molecule has 0 unspecified atom stereocenters. The van der Waals surface area contributed by atoms with Crippen LogP contribution in [0.15, 0.2) is 42.5 Å². The first-order valence-corrected chi connectivity index (χ1v) is 9.18. The van der Waals surface area contributed by atoms with Crippen LogP contribution in [0.5, 0.6) is 0 Å². The Morgan fingerprint density at radius 1 is 1.21 bits per heavy atom. The Hall–Kier alpha value is -3.92. The molecule has 7 nitrogen and oxygen atoms in total. The summed E-state index contributed by atoms with van der Waals surface area (Å²) in [6.07, 6.45) is -0.0177. The lowest BCUT2D eigenvalue weighted by atomic mass is 10.1. The van der Waals surface area contributed by atoms with Crippen molar-refractivity contribution in [1.82, 2.24) is 19.7 Å². The molecule has 7 heteroatoms. The number of nitrogens with one attached hydrogen (secondary N) is 1. The van der Waals surface area contributed by atoms with Gasteiger partial charge in [0.25, 0.3) is 0 Å². The van der Waals surface area contributed by atoms with Crippen molar-refractivity contribution in [2.24, 2.45) is 0 Å². The lowest BCUT2D eigenvalue weighted by Crippen LogP contribution is -2.06. The summed E-state index contributed by atoms with van der Waals surface area (Å²) in [5.74, 6) is -0.107. The van der Waals surface area contributed by atoms with E-state index in [0.29, 0.717) is 12.1 Å². The monoisotopic (exact) mass is 385 g/mol. The number of hydrogen-bond donors (Lipinski definition) is 2. The van der Waals surface area contributed by atoms with Crippen molar-refractivity contribution in [3.8, 4) is 17.5 Å². The third-order valence-corrected chi connectivity index (χ3v) is 5.03. The molecular weight excluding hydrogens is 366 g/mol. The molecule has 0 saturated heterocycles. The van der Waals surface area contributed by atoms with Crippen LogP contribution in [0.4, 0.5) is 0 Å². The van der Waals surface area contributed by atoms with Crippen molar-refractivity contribution in [2.75, 3.05) is 0 Å². The molecule has 2 aromatic carbocycles. The summed E-state index contributed by atoms with van der Waals surface area (Å²) in [5, 5.41) is 22.6. The molecule has 0 aliphatic heterocycles. The van der Waals surface area contributed by atoms with Crippen molar-refractivity contribution in [3.63, 3.8) is 0 Å². The third kappa shape index (κ3) is 3.60. The molecule has 29 heavy (non-hydrogen) atoms. The van der Waals surface area contributed by atoms with Gasteiger partial charge in [0.2, 0.25) is 0 Å². The molecule has 0 bridgehead atoms. The molecule has 0 radical (unpaired) electrons. The van der Waals surface area contributed by atoms with E-state index < -0.39 is 5.97 Å². The number of rotatable bonds is 5. The third-order valence-electron chi connectivity index (χ3n) is 5.03. The standard InChI is InChI=1S/C22H19N5O2/c1-13-18(10-21(28)29)14(2)27(26-13)12-15-3-6-17(7-4-15)22-24-19-8-5-16(11-23)9-20(19)25-22/h3-9H,10,12H2,1-2H3,(H,24,25)(H,28,29). The minimum absolute atomic E-state index is 0.0177. The number of H-pyrrole nitrogens is 1. The predicted molar refractivity (Wildman–Crippen MR) is 108 cm³/mol. The number of aromatic nitrogens is 4. The molecule has 2 aromatic heterocycles. The number of nitrogens with zero attached hydrogens (tertiary/aromatic N) is 4. The van der Waals surface area contributed by atoms with Gasteiger partial charge in [-0.15, -0.1) is 0 Å². The van der Waals surface area contributed by atoms with Crippen molar-refractivity contribution in [3.05, 3.63) is 70.5 Å². The fourth-order valence-electron chi connectivity index (χ4n) is 3.45. The van der Waals surface area contributed by atoms with E-state index in [0.717, 1.165) is 44.9 Å². The van der Waals surface area contributed by atoms with Crippen LogP contribution in [0, 0.1) is 25.2 Å². The highest BCUT2D eigenvalue weighted by atomic mass is 16.4. The minimum atomic E-state index is -0.854. The van der Waals surface area contributed by atoms with E-state index >= 15 is 0 Å². The van der Waals surface area contributed by atoms with E-state index in [1.165, 1.54) is 0 Å². The molecule has 0 fully saturated rings. The summed E-state index contributed by atoms with van der Waals surface area (Å²) in [6, 6.07) is 15.5. The van der Waals surface area contributed by atoms with Gasteiger partial charge < -0.3 is 10.1 Å². The van der Waals surface area contributed by atoms with Gasteiger partial charge in [-0.1, -0.05) is 24.3 Å². The van der Waals surface area contributed by atoms with Crippen LogP contribution < -0.4 is 0 Å². The molecule has 2 N–H and O–H groups in total. The van der Waals surface area contributed by atoms with Crippen LogP contribution >= 0.6 is 0 Å². The molecule has 0 saturated carbocycles. The van der Waals surface area contributed by atoms with E-state index in [2.05, 4.69) is 21.1 Å². The van der Waals surface area contributed by atoms with Gasteiger partial charge in [-0.25, -0.2) is 4.98 Å². The summed E-state index contributed by atoms with van der Waals surface area (Å²) in [7, 11) is 0. The zero-order valence-corrected chi connectivity index (χ0v) is 16.1. The molecule has 4 aromatic rings. The van der Waals surface area contributed by atoms with Crippen LogP contribution in [0.3, 0.4) is 0 Å². The number of aliphatic carboxylic acids is 1. The second kappa shape index (κ2) is 7.24. The number of aromatic amines is 1. The van der Waals surface area contributed by atoms with Gasteiger partial charge >= 0.3 is 5.97 Å². The van der Waals surface area contributed by atoms with Gasteiger partial charge in [-0.2, -0.15) is 10.4 Å². The van der Waals surface area contributed by atoms with Crippen LogP contribution in [0.2, 0.25) is 0 Å². The van der Waals surface area contributed by atoms with E-state index in [1.807, 2.05) is 48.9 Å². The smallest absolute Gasteiger partial charge is 0.307 e. The Kier molecular flexibility index (Phi) is 4.61. The summed E-state index contributed by atoms with van der Waals surface area (Å²) in [5.41, 5.74) is 6.64. The number of imidazole rings is 1. The summed E-state index contributed by atoms with van der Waals surface area (Å²) < 4.78 is 1.84. The molecule has 0 spiro atoms. The fraction of sp³-hybridized carbons (Fsp3) is 0.182. The zero-order valence-electron chi connectivity index (χ0n) is 16.1. The Labute approximate surface area is 167 Å². The number of benzene rings is 2. The molecule has 0 aliphatic carbocycles. The van der Waals surface area contributed by atoms with Gasteiger partial charge in [0.1, 0.15) is 5.82 Å². The van der Waals surface area contributed by atoms with Gasteiger partial charge in [-0.05, 0) is 37.6 Å². The minimum Gasteiger partial charge on any atom is -0.481 e. The molecule has 144 valence electrons. The highest BCUT2D eigenvalue weighted by Gasteiger charge is 2.14. The number of carbonyl (C=O) groups is 1. The highest BCUT2D eigenvalue weighted by molar-refractivity contribution is 5.80. The topological polar surface area (TPSA) is 108 Å². The maximum atomic E-state index is 11.1.